The van der Waals surface area contributed by atoms with Crippen molar-refractivity contribution in [2.24, 2.45) is 0 Å². The fourth-order valence-corrected chi connectivity index (χ4v) is 1.47. The summed E-state index contributed by atoms with van der Waals surface area (Å²) in [4.78, 5) is 8.91. The highest BCUT2D eigenvalue weighted by Gasteiger charge is 2.13. The lowest BCUT2D eigenvalue weighted by atomic mass is 10.2. The van der Waals surface area contributed by atoms with Gasteiger partial charge in [-0.25, -0.2) is 4.98 Å². The van der Waals surface area contributed by atoms with Gasteiger partial charge in [-0.2, -0.15) is 4.98 Å². The van der Waals surface area contributed by atoms with E-state index in [0.717, 1.165) is 30.2 Å². The van der Waals surface area contributed by atoms with Crippen molar-refractivity contribution >= 4 is 5.82 Å². The first-order chi connectivity index (χ1) is 8.60. The van der Waals surface area contributed by atoms with Crippen molar-refractivity contribution in [2.45, 2.75) is 40.0 Å². The van der Waals surface area contributed by atoms with Crippen molar-refractivity contribution in [2.75, 3.05) is 25.1 Å². The largest absolute Gasteiger partial charge is 0.475 e. The van der Waals surface area contributed by atoms with Crippen LogP contribution in [0.1, 0.15) is 44.5 Å². The van der Waals surface area contributed by atoms with Crippen molar-refractivity contribution in [3.05, 3.63) is 11.4 Å². The van der Waals surface area contributed by atoms with E-state index < -0.39 is 0 Å². The molecule has 0 atom stereocenters. The molecule has 1 rings (SSSR count). The molecular weight excluding hydrogens is 230 g/mol. The molecule has 0 saturated carbocycles. The number of nitrogens with one attached hydrogen (secondary N) is 1. The predicted octanol–water partition coefficient (Wildman–Crippen LogP) is 2.10. The minimum Gasteiger partial charge on any atom is -0.475 e. The molecule has 102 valence electrons. The molecule has 5 heteroatoms. The third kappa shape index (κ3) is 3.84. The summed E-state index contributed by atoms with van der Waals surface area (Å²) in [5, 5.41) is 12.1. The SMILES string of the molecule is CCCNc1nc(C(C)C)nc(OCCO)c1C. The molecule has 0 radical (unpaired) electrons. The quantitative estimate of drug-likeness (QED) is 0.779. The second-order valence-electron chi connectivity index (χ2n) is 4.51. The van der Waals surface area contributed by atoms with Crippen molar-refractivity contribution < 1.29 is 9.84 Å². The van der Waals surface area contributed by atoms with Crippen LogP contribution in [0.2, 0.25) is 0 Å². The Balaban J connectivity index is 3.03. The zero-order chi connectivity index (χ0) is 13.5. The van der Waals surface area contributed by atoms with Crippen LogP contribution in [0, 0.1) is 6.92 Å². The standard InChI is InChI=1S/C13H23N3O2/c1-5-6-14-12-10(4)13(18-8-7-17)16-11(15-12)9(2)3/h9,17H,5-8H2,1-4H3,(H,14,15,16). The van der Waals surface area contributed by atoms with E-state index in [-0.39, 0.29) is 19.1 Å². The lowest BCUT2D eigenvalue weighted by Crippen LogP contribution is -2.12. The van der Waals surface area contributed by atoms with Gasteiger partial charge in [-0.3, -0.25) is 0 Å². The van der Waals surface area contributed by atoms with Gasteiger partial charge in [0.25, 0.3) is 0 Å². The summed E-state index contributed by atoms with van der Waals surface area (Å²) in [5.74, 6) is 2.38. The monoisotopic (exact) mass is 253 g/mol. The summed E-state index contributed by atoms with van der Waals surface area (Å²) in [6, 6.07) is 0. The number of rotatable bonds is 7. The second-order valence-corrected chi connectivity index (χ2v) is 4.51. The maximum atomic E-state index is 8.82. The first-order valence-electron chi connectivity index (χ1n) is 6.46. The lowest BCUT2D eigenvalue weighted by Gasteiger charge is -2.15. The van der Waals surface area contributed by atoms with Crippen LogP contribution >= 0.6 is 0 Å². The van der Waals surface area contributed by atoms with Gasteiger partial charge in [0.2, 0.25) is 5.88 Å². The van der Waals surface area contributed by atoms with Crippen LogP contribution in [-0.4, -0.2) is 34.8 Å². The molecule has 1 heterocycles. The first kappa shape index (κ1) is 14.7. The molecule has 0 spiro atoms. The Labute approximate surface area is 109 Å². The van der Waals surface area contributed by atoms with Crippen molar-refractivity contribution in [1.82, 2.24) is 9.97 Å². The highest BCUT2D eigenvalue weighted by molar-refractivity contribution is 5.48. The molecule has 0 aliphatic heterocycles. The molecule has 1 aromatic rings. The highest BCUT2D eigenvalue weighted by atomic mass is 16.5. The molecular formula is C13H23N3O2. The van der Waals surface area contributed by atoms with Gasteiger partial charge in [0, 0.05) is 12.5 Å². The molecule has 2 N–H and O–H groups in total. The first-order valence-corrected chi connectivity index (χ1v) is 6.46. The highest BCUT2D eigenvalue weighted by Crippen LogP contribution is 2.24. The zero-order valence-electron chi connectivity index (χ0n) is 11.7. The van der Waals surface area contributed by atoms with Gasteiger partial charge in [0.1, 0.15) is 18.2 Å². The predicted molar refractivity (Wildman–Crippen MR) is 72.2 cm³/mol. The van der Waals surface area contributed by atoms with Crippen LogP contribution in [0.25, 0.3) is 0 Å². The van der Waals surface area contributed by atoms with Crippen LogP contribution in [0.3, 0.4) is 0 Å². The third-order valence-electron chi connectivity index (χ3n) is 2.51. The summed E-state index contributed by atoms with van der Waals surface area (Å²) in [6.45, 7) is 9.23. The Morgan fingerprint density at radius 2 is 2.06 bits per heavy atom. The van der Waals surface area contributed by atoms with Crippen LogP contribution in [-0.2, 0) is 0 Å². The Hall–Kier alpha value is -1.36. The van der Waals surface area contributed by atoms with Crippen LogP contribution in [0.5, 0.6) is 5.88 Å². The Morgan fingerprint density at radius 1 is 1.33 bits per heavy atom. The fourth-order valence-electron chi connectivity index (χ4n) is 1.47. The van der Waals surface area contributed by atoms with Gasteiger partial charge < -0.3 is 15.2 Å². The molecule has 1 aromatic heterocycles. The fraction of sp³-hybridized carbons (Fsp3) is 0.692. The Kier molecular flexibility index (Phi) is 5.85. The lowest BCUT2D eigenvalue weighted by molar-refractivity contribution is 0.195. The minimum absolute atomic E-state index is 0.0157. The number of ether oxygens (including phenoxy) is 1. The van der Waals surface area contributed by atoms with Crippen LogP contribution < -0.4 is 10.1 Å². The van der Waals surface area contributed by atoms with E-state index >= 15 is 0 Å². The maximum absolute atomic E-state index is 8.82. The van der Waals surface area contributed by atoms with Crippen LogP contribution in [0.4, 0.5) is 5.82 Å². The molecule has 0 aliphatic carbocycles. The number of aliphatic hydroxyl groups is 1. The minimum atomic E-state index is -0.0157. The van der Waals surface area contributed by atoms with Gasteiger partial charge in [-0.15, -0.1) is 0 Å². The van der Waals surface area contributed by atoms with Crippen molar-refractivity contribution in [3.63, 3.8) is 0 Å². The Morgan fingerprint density at radius 3 is 2.61 bits per heavy atom. The van der Waals surface area contributed by atoms with Crippen LogP contribution in [0.15, 0.2) is 0 Å². The molecule has 0 aromatic carbocycles. The zero-order valence-corrected chi connectivity index (χ0v) is 11.7. The second kappa shape index (κ2) is 7.16. The molecule has 0 aliphatic rings. The van der Waals surface area contributed by atoms with E-state index in [1.54, 1.807) is 0 Å². The van der Waals surface area contributed by atoms with Gasteiger partial charge in [-0.05, 0) is 13.3 Å². The van der Waals surface area contributed by atoms with E-state index in [1.165, 1.54) is 0 Å². The van der Waals surface area contributed by atoms with E-state index in [9.17, 15) is 0 Å². The van der Waals surface area contributed by atoms with Gasteiger partial charge in [0.05, 0.1) is 12.2 Å². The van der Waals surface area contributed by atoms with Gasteiger partial charge in [0.15, 0.2) is 0 Å². The normalized spacial score (nSPS) is 10.8. The molecule has 5 nitrogen and oxygen atoms in total. The number of nitrogens with zero attached hydrogens (tertiary/aromatic N) is 2. The smallest absolute Gasteiger partial charge is 0.221 e. The summed E-state index contributed by atoms with van der Waals surface area (Å²) >= 11 is 0. The summed E-state index contributed by atoms with van der Waals surface area (Å²) in [7, 11) is 0. The number of anilines is 1. The van der Waals surface area contributed by atoms with Gasteiger partial charge >= 0.3 is 0 Å². The summed E-state index contributed by atoms with van der Waals surface area (Å²) < 4.78 is 5.46. The maximum Gasteiger partial charge on any atom is 0.221 e. The van der Waals surface area contributed by atoms with Crippen molar-refractivity contribution in [1.29, 1.82) is 0 Å². The summed E-state index contributed by atoms with van der Waals surface area (Å²) in [6.07, 6.45) is 1.04. The number of hydrogen-bond acceptors (Lipinski definition) is 5. The van der Waals surface area contributed by atoms with Crippen molar-refractivity contribution in [3.8, 4) is 5.88 Å². The average molecular weight is 253 g/mol. The topological polar surface area (TPSA) is 67.3 Å². The summed E-state index contributed by atoms with van der Waals surface area (Å²) in [5.41, 5.74) is 0.890. The van der Waals surface area contributed by atoms with E-state index in [2.05, 4.69) is 22.2 Å². The molecule has 0 bridgehead atoms. The molecule has 18 heavy (non-hydrogen) atoms. The molecule has 0 unspecified atom stereocenters. The van der Waals surface area contributed by atoms with E-state index in [1.807, 2.05) is 20.8 Å². The molecule has 0 fully saturated rings. The number of aliphatic hydroxyl groups excluding tert-OH is 1. The Bertz CT molecular complexity index is 351. The number of hydrogen-bond donors (Lipinski definition) is 2. The van der Waals surface area contributed by atoms with E-state index in [4.69, 9.17) is 9.84 Å². The van der Waals surface area contributed by atoms with Gasteiger partial charge in [-0.1, -0.05) is 20.8 Å². The third-order valence-corrected chi connectivity index (χ3v) is 2.51. The average Bonchev–Trinajstić information content (AvgIpc) is 2.35. The van der Waals surface area contributed by atoms with E-state index in [0.29, 0.717) is 5.88 Å². The number of aromatic nitrogens is 2. The molecule has 0 amide bonds. The molecule has 0 saturated heterocycles.